The maximum atomic E-state index is 11.2. The summed E-state index contributed by atoms with van der Waals surface area (Å²) < 4.78 is 5.36. The van der Waals surface area contributed by atoms with Crippen LogP contribution in [0.25, 0.3) is 10.8 Å². The molecule has 1 aromatic heterocycles. The standard InChI is InChI=1S/C25H29N3O4/c29-24(30)16-20-17-27-23(22-4-2-1-3-21(20)22)15-18-5-7-19(8-6-18)25(31)26-9-10-28-11-13-32-14-12-28/h1-8,17,25-26,31H,9-16H2,(H,29,30). The molecule has 3 N–H and O–H groups in total. The number of rotatable bonds is 9. The Morgan fingerprint density at radius 1 is 1.09 bits per heavy atom. The first-order valence-electron chi connectivity index (χ1n) is 11.0. The average molecular weight is 436 g/mol. The van der Waals surface area contributed by atoms with Crippen molar-refractivity contribution in [1.29, 1.82) is 0 Å². The summed E-state index contributed by atoms with van der Waals surface area (Å²) in [5.41, 5.74) is 3.54. The lowest BCUT2D eigenvalue weighted by Crippen LogP contribution is -2.40. The molecule has 1 fully saturated rings. The number of pyridine rings is 1. The highest BCUT2D eigenvalue weighted by Gasteiger charge is 2.13. The van der Waals surface area contributed by atoms with Crippen molar-refractivity contribution in [3.05, 3.63) is 77.1 Å². The molecule has 1 saturated heterocycles. The zero-order chi connectivity index (χ0) is 22.3. The first kappa shape index (κ1) is 22.4. The molecule has 2 heterocycles. The van der Waals surface area contributed by atoms with E-state index in [2.05, 4.69) is 15.2 Å². The Hall–Kier alpha value is -2.84. The summed E-state index contributed by atoms with van der Waals surface area (Å²) in [4.78, 5) is 18.0. The number of benzene rings is 2. The van der Waals surface area contributed by atoms with E-state index in [0.29, 0.717) is 13.0 Å². The minimum atomic E-state index is -0.864. The Balaban J connectivity index is 1.39. The minimum absolute atomic E-state index is 0.0427. The quantitative estimate of drug-likeness (QED) is 0.444. The highest BCUT2D eigenvalue weighted by molar-refractivity contribution is 5.90. The number of ether oxygens (including phenoxy) is 1. The lowest BCUT2D eigenvalue weighted by molar-refractivity contribution is -0.136. The number of carbonyl (C=O) groups is 1. The van der Waals surface area contributed by atoms with Crippen molar-refractivity contribution in [2.75, 3.05) is 39.4 Å². The Labute approximate surface area is 187 Å². The molecule has 0 aliphatic carbocycles. The number of hydrogen-bond acceptors (Lipinski definition) is 6. The molecule has 168 valence electrons. The molecule has 7 heteroatoms. The van der Waals surface area contributed by atoms with Crippen LogP contribution in [0, 0.1) is 0 Å². The third-order valence-electron chi connectivity index (χ3n) is 5.84. The van der Waals surface area contributed by atoms with Crippen LogP contribution in [0.4, 0.5) is 0 Å². The van der Waals surface area contributed by atoms with Gasteiger partial charge in [-0.2, -0.15) is 0 Å². The maximum absolute atomic E-state index is 11.2. The predicted molar refractivity (Wildman–Crippen MR) is 123 cm³/mol. The highest BCUT2D eigenvalue weighted by Crippen LogP contribution is 2.24. The number of aliphatic carboxylic acids is 1. The highest BCUT2D eigenvalue weighted by atomic mass is 16.5. The summed E-state index contributed by atoms with van der Waals surface area (Å²) in [5.74, 6) is -0.864. The van der Waals surface area contributed by atoms with Crippen molar-refractivity contribution in [1.82, 2.24) is 15.2 Å². The smallest absolute Gasteiger partial charge is 0.307 e. The summed E-state index contributed by atoms with van der Waals surface area (Å²) in [6.07, 6.45) is 1.55. The number of aromatic nitrogens is 1. The molecule has 0 bridgehead atoms. The van der Waals surface area contributed by atoms with Crippen LogP contribution in [0.3, 0.4) is 0 Å². The minimum Gasteiger partial charge on any atom is -0.481 e. The van der Waals surface area contributed by atoms with Crippen LogP contribution < -0.4 is 5.32 Å². The van der Waals surface area contributed by atoms with E-state index in [4.69, 9.17) is 9.84 Å². The van der Waals surface area contributed by atoms with Gasteiger partial charge in [0.05, 0.1) is 25.3 Å². The number of aliphatic hydroxyl groups excluding tert-OH is 1. The molecule has 1 aliphatic heterocycles. The number of carboxylic acid groups (broad SMARTS) is 1. The zero-order valence-corrected chi connectivity index (χ0v) is 18.0. The van der Waals surface area contributed by atoms with Crippen LogP contribution in [0.15, 0.2) is 54.7 Å². The fourth-order valence-corrected chi connectivity index (χ4v) is 4.07. The summed E-state index contributed by atoms with van der Waals surface area (Å²) in [6, 6.07) is 15.7. The number of morpholine rings is 1. The molecule has 3 aromatic rings. The summed E-state index contributed by atoms with van der Waals surface area (Å²) in [6.45, 7) is 5.02. The van der Waals surface area contributed by atoms with Crippen molar-refractivity contribution in [2.45, 2.75) is 19.1 Å². The molecular weight excluding hydrogens is 406 g/mol. The van der Waals surface area contributed by atoms with Crippen molar-refractivity contribution in [3.8, 4) is 0 Å². The first-order valence-corrected chi connectivity index (χ1v) is 11.0. The molecular formula is C25H29N3O4. The molecule has 7 nitrogen and oxygen atoms in total. The number of fused-ring (bicyclic) bond motifs is 1. The lowest BCUT2D eigenvalue weighted by Gasteiger charge is -2.27. The third-order valence-corrected chi connectivity index (χ3v) is 5.84. The number of hydrogen-bond donors (Lipinski definition) is 3. The van der Waals surface area contributed by atoms with E-state index in [1.807, 2.05) is 48.5 Å². The zero-order valence-electron chi connectivity index (χ0n) is 18.0. The molecule has 0 saturated carbocycles. The van der Waals surface area contributed by atoms with E-state index in [1.54, 1.807) is 6.20 Å². The molecule has 4 rings (SSSR count). The Morgan fingerprint density at radius 2 is 1.81 bits per heavy atom. The molecule has 0 spiro atoms. The van der Waals surface area contributed by atoms with Gasteiger partial charge in [0.25, 0.3) is 0 Å². The number of nitrogens with zero attached hydrogens (tertiary/aromatic N) is 2. The van der Waals surface area contributed by atoms with Crippen molar-refractivity contribution in [3.63, 3.8) is 0 Å². The van der Waals surface area contributed by atoms with Gasteiger partial charge in [0, 0.05) is 44.2 Å². The summed E-state index contributed by atoms with van der Waals surface area (Å²) in [5, 5.41) is 24.7. The molecule has 32 heavy (non-hydrogen) atoms. The first-order chi connectivity index (χ1) is 15.6. The Morgan fingerprint density at radius 3 is 2.53 bits per heavy atom. The fourth-order valence-electron chi connectivity index (χ4n) is 4.07. The SMILES string of the molecule is O=C(O)Cc1cnc(Cc2ccc(C(O)NCCN3CCOCC3)cc2)c2ccccc12. The molecule has 1 aliphatic rings. The number of nitrogens with one attached hydrogen (secondary N) is 1. The summed E-state index contributed by atoms with van der Waals surface area (Å²) >= 11 is 0. The van der Waals surface area contributed by atoms with Gasteiger partial charge in [-0.05, 0) is 22.1 Å². The molecule has 2 aromatic carbocycles. The van der Waals surface area contributed by atoms with Gasteiger partial charge in [-0.3, -0.25) is 20.0 Å². The lowest BCUT2D eigenvalue weighted by atomic mass is 9.99. The van der Waals surface area contributed by atoms with Crippen LogP contribution in [-0.2, 0) is 22.4 Å². The Bertz CT molecular complexity index is 1050. The molecule has 1 unspecified atom stereocenters. The molecule has 0 amide bonds. The van der Waals surface area contributed by atoms with Crippen molar-refractivity contribution in [2.24, 2.45) is 0 Å². The van der Waals surface area contributed by atoms with Crippen molar-refractivity contribution >= 4 is 16.7 Å². The van der Waals surface area contributed by atoms with E-state index >= 15 is 0 Å². The van der Waals surface area contributed by atoms with Crippen LogP contribution in [-0.4, -0.2) is 65.5 Å². The summed E-state index contributed by atoms with van der Waals surface area (Å²) in [7, 11) is 0. The van der Waals surface area contributed by atoms with Crippen LogP contribution in [0.2, 0.25) is 0 Å². The van der Waals surface area contributed by atoms with Gasteiger partial charge >= 0.3 is 5.97 Å². The molecule has 1 atom stereocenters. The molecule has 0 radical (unpaired) electrons. The van der Waals surface area contributed by atoms with E-state index in [9.17, 15) is 9.90 Å². The van der Waals surface area contributed by atoms with E-state index < -0.39 is 12.2 Å². The second-order valence-electron chi connectivity index (χ2n) is 8.08. The normalized spacial score (nSPS) is 15.7. The van der Waals surface area contributed by atoms with E-state index in [-0.39, 0.29) is 6.42 Å². The predicted octanol–water partition coefficient (Wildman–Crippen LogP) is 2.37. The second-order valence-corrected chi connectivity index (χ2v) is 8.08. The fraction of sp³-hybridized carbons (Fsp3) is 0.360. The maximum Gasteiger partial charge on any atom is 0.307 e. The van der Waals surface area contributed by atoms with Gasteiger partial charge < -0.3 is 14.9 Å². The average Bonchev–Trinajstić information content (AvgIpc) is 2.81. The van der Waals surface area contributed by atoms with Gasteiger partial charge in [-0.25, -0.2) is 0 Å². The number of carboxylic acids is 1. The van der Waals surface area contributed by atoms with E-state index in [0.717, 1.165) is 66.0 Å². The van der Waals surface area contributed by atoms with Crippen LogP contribution in [0.5, 0.6) is 0 Å². The van der Waals surface area contributed by atoms with Gasteiger partial charge in [0.1, 0.15) is 6.23 Å². The second kappa shape index (κ2) is 10.7. The monoisotopic (exact) mass is 435 g/mol. The third kappa shape index (κ3) is 5.69. The van der Waals surface area contributed by atoms with Crippen molar-refractivity contribution < 1.29 is 19.7 Å². The Kier molecular flexibility index (Phi) is 7.44. The topological polar surface area (TPSA) is 94.9 Å². The van der Waals surface area contributed by atoms with Crippen LogP contribution in [0.1, 0.15) is 28.6 Å². The van der Waals surface area contributed by atoms with Gasteiger partial charge in [-0.15, -0.1) is 0 Å². The van der Waals surface area contributed by atoms with Gasteiger partial charge in [-0.1, -0.05) is 48.5 Å². The van der Waals surface area contributed by atoms with Crippen LogP contribution >= 0.6 is 0 Å². The largest absolute Gasteiger partial charge is 0.481 e. The number of aliphatic hydroxyl groups is 1. The van der Waals surface area contributed by atoms with Gasteiger partial charge in [0.15, 0.2) is 0 Å². The van der Waals surface area contributed by atoms with E-state index in [1.165, 1.54) is 0 Å². The van der Waals surface area contributed by atoms with Gasteiger partial charge in [0.2, 0.25) is 0 Å².